The number of aromatic nitrogens is 3. The molecule has 4 rings (SSSR count). The highest BCUT2D eigenvalue weighted by Crippen LogP contribution is 2.32. The summed E-state index contributed by atoms with van der Waals surface area (Å²) in [6.45, 7) is 0. The third-order valence-electron chi connectivity index (χ3n) is 4.47. The van der Waals surface area contributed by atoms with Crippen LogP contribution in [-0.4, -0.2) is 20.6 Å². The van der Waals surface area contributed by atoms with Crippen LogP contribution in [-0.2, 0) is 13.2 Å². The lowest BCUT2D eigenvalue weighted by Crippen LogP contribution is -2.14. The maximum Gasteiger partial charge on any atom is 0.416 e. The van der Waals surface area contributed by atoms with Crippen LogP contribution in [0.4, 0.5) is 18.9 Å². The normalized spacial score (nSPS) is 12.5. The zero-order chi connectivity index (χ0) is 20.6. The number of nitrogens with two attached hydrogens (primary N) is 1. The molecule has 146 valence electrons. The summed E-state index contributed by atoms with van der Waals surface area (Å²) in [6, 6.07) is 16.1. The van der Waals surface area contributed by atoms with Crippen LogP contribution in [0.5, 0.6) is 0 Å². The van der Waals surface area contributed by atoms with Crippen molar-refractivity contribution >= 4 is 22.4 Å². The SMILES string of the molecule is Cn1nc(-c2ccccc2)c2cc(C(N)=Nc3cccc(C(F)(F)F)c3)ncc21. The summed E-state index contributed by atoms with van der Waals surface area (Å²) in [7, 11) is 1.82. The minimum Gasteiger partial charge on any atom is -0.382 e. The van der Waals surface area contributed by atoms with Gasteiger partial charge in [-0.15, -0.1) is 0 Å². The Labute approximate surface area is 164 Å². The molecule has 5 nitrogen and oxygen atoms in total. The van der Waals surface area contributed by atoms with Gasteiger partial charge in [0.15, 0.2) is 0 Å². The Morgan fingerprint density at radius 2 is 1.79 bits per heavy atom. The molecule has 0 amide bonds. The van der Waals surface area contributed by atoms with E-state index in [4.69, 9.17) is 5.73 Å². The number of hydrogen-bond acceptors (Lipinski definition) is 3. The second-order valence-corrected chi connectivity index (χ2v) is 6.47. The lowest BCUT2D eigenvalue weighted by atomic mass is 10.1. The fraction of sp³-hybridized carbons (Fsp3) is 0.0952. The Morgan fingerprint density at radius 1 is 1.03 bits per heavy atom. The van der Waals surface area contributed by atoms with E-state index < -0.39 is 11.7 Å². The quantitative estimate of drug-likeness (QED) is 0.404. The van der Waals surface area contributed by atoms with Crippen molar-refractivity contribution in [2.24, 2.45) is 17.8 Å². The van der Waals surface area contributed by atoms with Crippen LogP contribution in [0.2, 0.25) is 0 Å². The third kappa shape index (κ3) is 3.69. The second kappa shape index (κ2) is 7.05. The number of amidine groups is 1. The monoisotopic (exact) mass is 395 g/mol. The van der Waals surface area contributed by atoms with E-state index in [0.717, 1.165) is 34.3 Å². The molecule has 0 fully saturated rings. The fourth-order valence-corrected chi connectivity index (χ4v) is 3.05. The molecule has 2 aromatic heterocycles. The summed E-state index contributed by atoms with van der Waals surface area (Å²) >= 11 is 0. The van der Waals surface area contributed by atoms with Gasteiger partial charge in [-0.25, -0.2) is 4.99 Å². The molecule has 0 spiro atoms. The molecule has 2 heterocycles. The van der Waals surface area contributed by atoms with Crippen molar-refractivity contribution in [3.8, 4) is 11.3 Å². The van der Waals surface area contributed by atoms with Crippen molar-refractivity contribution in [3.63, 3.8) is 0 Å². The molecule has 4 aromatic rings. The highest BCUT2D eigenvalue weighted by molar-refractivity contribution is 6.02. The van der Waals surface area contributed by atoms with Crippen molar-refractivity contribution in [2.45, 2.75) is 6.18 Å². The molecule has 0 radical (unpaired) electrons. The van der Waals surface area contributed by atoms with E-state index in [1.54, 1.807) is 16.9 Å². The number of benzene rings is 2. The largest absolute Gasteiger partial charge is 0.416 e. The Hall–Kier alpha value is -3.68. The Bertz CT molecular complexity index is 1210. The molecule has 29 heavy (non-hydrogen) atoms. The van der Waals surface area contributed by atoms with Gasteiger partial charge in [0.25, 0.3) is 0 Å². The molecule has 0 aliphatic carbocycles. The van der Waals surface area contributed by atoms with Crippen molar-refractivity contribution in [3.05, 3.63) is 78.1 Å². The summed E-state index contributed by atoms with van der Waals surface area (Å²) in [4.78, 5) is 8.43. The lowest BCUT2D eigenvalue weighted by molar-refractivity contribution is -0.137. The molecule has 0 unspecified atom stereocenters. The number of pyridine rings is 1. The number of nitrogens with zero attached hydrogens (tertiary/aromatic N) is 4. The number of halogens is 3. The Morgan fingerprint density at radius 3 is 2.52 bits per heavy atom. The summed E-state index contributed by atoms with van der Waals surface area (Å²) in [6.07, 6.45) is -2.82. The maximum absolute atomic E-state index is 12.9. The fourth-order valence-electron chi connectivity index (χ4n) is 3.05. The van der Waals surface area contributed by atoms with Gasteiger partial charge in [-0.3, -0.25) is 9.67 Å². The lowest BCUT2D eigenvalue weighted by Gasteiger charge is -2.07. The first kappa shape index (κ1) is 18.7. The number of aliphatic imine (C=N–C) groups is 1. The minimum atomic E-state index is -4.45. The van der Waals surface area contributed by atoms with Gasteiger partial charge in [0.2, 0.25) is 0 Å². The average Bonchev–Trinajstić information content (AvgIpc) is 3.04. The van der Waals surface area contributed by atoms with E-state index in [1.807, 2.05) is 37.4 Å². The van der Waals surface area contributed by atoms with Gasteiger partial charge in [0.05, 0.1) is 23.0 Å². The number of hydrogen-bond donors (Lipinski definition) is 1. The molecule has 0 atom stereocenters. The zero-order valence-corrected chi connectivity index (χ0v) is 15.4. The first-order chi connectivity index (χ1) is 13.8. The van der Waals surface area contributed by atoms with Crippen LogP contribution in [0, 0.1) is 0 Å². The molecule has 0 aliphatic heterocycles. The third-order valence-corrected chi connectivity index (χ3v) is 4.47. The molecule has 2 N–H and O–H groups in total. The highest BCUT2D eigenvalue weighted by Gasteiger charge is 2.30. The van der Waals surface area contributed by atoms with Crippen molar-refractivity contribution in [1.29, 1.82) is 0 Å². The molecular weight excluding hydrogens is 379 g/mol. The summed E-state index contributed by atoms with van der Waals surface area (Å²) in [5.74, 6) is 0.0223. The molecular formula is C21H16F3N5. The van der Waals surface area contributed by atoms with E-state index >= 15 is 0 Å². The minimum absolute atomic E-state index is 0.0223. The van der Waals surface area contributed by atoms with Gasteiger partial charge in [-0.05, 0) is 24.3 Å². The standard InChI is InChI=1S/C21H16F3N5/c1-29-18-12-26-17(11-16(18)19(28-29)13-6-3-2-4-7-13)20(25)27-15-9-5-8-14(10-15)21(22,23)24/h2-12H,1H3,(H2,25,27). The van der Waals surface area contributed by atoms with Crippen LogP contribution in [0.1, 0.15) is 11.3 Å². The van der Waals surface area contributed by atoms with Gasteiger partial charge < -0.3 is 5.73 Å². The predicted octanol–water partition coefficient (Wildman–Crippen LogP) is 4.69. The van der Waals surface area contributed by atoms with E-state index in [1.165, 1.54) is 12.1 Å². The van der Waals surface area contributed by atoms with Crippen LogP contribution < -0.4 is 5.73 Å². The van der Waals surface area contributed by atoms with Crippen LogP contribution in [0.3, 0.4) is 0 Å². The highest BCUT2D eigenvalue weighted by atomic mass is 19.4. The van der Waals surface area contributed by atoms with Gasteiger partial charge in [0, 0.05) is 18.0 Å². The summed E-state index contributed by atoms with van der Waals surface area (Å²) in [5, 5.41) is 5.38. The van der Waals surface area contributed by atoms with Crippen molar-refractivity contribution in [2.75, 3.05) is 0 Å². The number of alkyl halides is 3. The smallest absolute Gasteiger partial charge is 0.382 e. The van der Waals surface area contributed by atoms with E-state index in [2.05, 4.69) is 15.1 Å². The van der Waals surface area contributed by atoms with Gasteiger partial charge in [0.1, 0.15) is 17.2 Å². The summed E-state index contributed by atoms with van der Waals surface area (Å²) in [5.41, 5.74) is 8.24. The van der Waals surface area contributed by atoms with Crippen molar-refractivity contribution in [1.82, 2.24) is 14.8 Å². The predicted molar refractivity (Wildman–Crippen MR) is 106 cm³/mol. The van der Waals surface area contributed by atoms with Gasteiger partial charge in [-0.2, -0.15) is 18.3 Å². The van der Waals surface area contributed by atoms with Crippen LogP contribution in [0.15, 0.2) is 71.9 Å². The van der Waals surface area contributed by atoms with Gasteiger partial charge in [-0.1, -0.05) is 36.4 Å². The van der Waals surface area contributed by atoms with E-state index in [0.29, 0.717) is 5.69 Å². The number of fused-ring (bicyclic) bond motifs is 1. The molecule has 0 saturated heterocycles. The molecule has 8 heteroatoms. The topological polar surface area (TPSA) is 69.1 Å². The zero-order valence-electron chi connectivity index (χ0n) is 15.4. The molecule has 2 aromatic carbocycles. The first-order valence-corrected chi connectivity index (χ1v) is 8.73. The number of rotatable bonds is 3. The van der Waals surface area contributed by atoms with Gasteiger partial charge >= 0.3 is 6.18 Å². The number of aryl methyl sites for hydroxylation is 1. The molecule has 0 bridgehead atoms. The van der Waals surface area contributed by atoms with Crippen LogP contribution in [0.25, 0.3) is 22.2 Å². The van der Waals surface area contributed by atoms with Crippen molar-refractivity contribution < 1.29 is 13.2 Å². The molecule has 0 saturated carbocycles. The second-order valence-electron chi connectivity index (χ2n) is 6.47. The van der Waals surface area contributed by atoms with Crippen LogP contribution >= 0.6 is 0 Å². The summed E-state index contributed by atoms with van der Waals surface area (Å²) < 4.78 is 40.4. The van der Waals surface area contributed by atoms with E-state index in [9.17, 15) is 13.2 Å². The van der Waals surface area contributed by atoms with E-state index in [-0.39, 0.29) is 11.5 Å². The maximum atomic E-state index is 12.9. The average molecular weight is 395 g/mol. The Balaban J connectivity index is 1.77. The first-order valence-electron chi connectivity index (χ1n) is 8.73. The molecule has 0 aliphatic rings. The Kier molecular flexibility index (Phi) is 4.54.